The Morgan fingerprint density at radius 2 is 1.38 bits per heavy atom. The second kappa shape index (κ2) is 7.45. The van der Waals surface area contributed by atoms with Crippen molar-refractivity contribution in [2.45, 2.75) is 72.1 Å². The third kappa shape index (κ3) is 5.47. The first-order valence-corrected chi connectivity index (χ1v) is 8.51. The molecule has 0 unspecified atom stereocenters. The topological polar surface area (TPSA) is 12.0 Å². The SMILES string of the molecule is CCC(C)(C)c1ccc(C(C)(C)CCNCC(C)C)cc1. The molecule has 0 aromatic heterocycles. The summed E-state index contributed by atoms with van der Waals surface area (Å²) in [7, 11) is 0. The highest BCUT2D eigenvalue weighted by Gasteiger charge is 2.22. The molecule has 0 radical (unpaired) electrons. The van der Waals surface area contributed by atoms with Crippen LogP contribution in [0.25, 0.3) is 0 Å². The summed E-state index contributed by atoms with van der Waals surface area (Å²) in [5.41, 5.74) is 3.41. The van der Waals surface area contributed by atoms with Crippen LogP contribution in [0, 0.1) is 5.92 Å². The molecule has 21 heavy (non-hydrogen) atoms. The molecule has 0 saturated carbocycles. The highest BCUT2D eigenvalue weighted by Crippen LogP contribution is 2.31. The van der Waals surface area contributed by atoms with Crippen molar-refractivity contribution in [1.29, 1.82) is 0 Å². The largest absolute Gasteiger partial charge is 0.316 e. The molecule has 0 spiro atoms. The van der Waals surface area contributed by atoms with Gasteiger partial charge in [-0.1, -0.05) is 72.7 Å². The maximum absolute atomic E-state index is 3.56. The van der Waals surface area contributed by atoms with Gasteiger partial charge >= 0.3 is 0 Å². The van der Waals surface area contributed by atoms with Crippen LogP contribution in [0.4, 0.5) is 0 Å². The first-order valence-electron chi connectivity index (χ1n) is 8.51. The van der Waals surface area contributed by atoms with Gasteiger partial charge in [-0.25, -0.2) is 0 Å². The lowest BCUT2D eigenvalue weighted by Gasteiger charge is -2.28. The Bertz CT molecular complexity index is 412. The molecule has 0 bridgehead atoms. The average Bonchev–Trinajstić information content (AvgIpc) is 2.43. The Labute approximate surface area is 132 Å². The van der Waals surface area contributed by atoms with E-state index in [2.05, 4.69) is 78.0 Å². The Morgan fingerprint density at radius 3 is 1.81 bits per heavy atom. The molecule has 0 aliphatic carbocycles. The second-order valence-corrected chi connectivity index (χ2v) is 8.05. The minimum Gasteiger partial charge on any atom is -0.316 e. The quantitative estimate of drug-likeness (QED) is 0.641. The lowest BCUT2D eigenvalue weighted by Crippen LogP contribution is -2.27. The highest BCUT2D eigenvalue weighted by atomic mass is 14.8. The maximum Gasteiger partial charge on any atom is -0.00258 e. The van der Waals surface area contributed by atoms with Gasteiger partial charge in [0.25, 0.3) is 0 Å². The first-order chi connectivity index (χ1) is 9.69. The van der Waals surface area contributed by atoms with Crippen molar-refractivity contribution in [1.82, 2.24) is 5.32 Å². The molecule has 1 heteroatoms. The summed E-state index contributed by atoms with van der Waals surface area (Å²) in [5, 5.41) is 3.56. The molecule has 0 aliphatic rings. The van der Waals surface area contributed by atoms with Crippen LogP contribution >= 0.6 is 0 Å². The van der Waals surface area contributed by atoms with E-state index in [9.17, 15) is 0 Å². The van der Waals surface area contributed by atoms with Crippen molar-refractivity contribution in [3.8, 4) is 0 Å². The third-order valence-corrected chi connectivity index (χ3v) is 4.81. The smallest absolute Gasteiger partial charge is 0.00258 e. The minimum absolute atomic E-state index is 0.235. The Morgan fingerprint density at radius 1 is 0.905 bits per heavy atom. The molecule has 1 nitrogen and oxygen atoms in total. The van der Waals surface area contributed by atoms with E-state index in [4.69, 9.17) is 0 Å². The Balaban J connectivity index is 2.67. The summed E-state index contributed by atoms with van der Waals surface area (Å²) in [5.74, 6) is 0.726. The van der Waals surface area contributed by atoms with Crippen LogP contribution in [0.5, 0.6) is 0 Å². The van der Waals surface area contributed by atoms with E-state index in [0.29, 0.717) is 0 Å². The van der Waals surface area contributed by atoms with E-state index >= 15 is 0 Å². The van der Waals surface area contributed by atoms with Gasteiger partial charge in [-0.2, -0.15) is 0 Å². The molecule has 0 fully saturated rings. The molecule has 1 N–H and O–H groups in total. The fourth-order valence-electron chi connectivity index (χ4n) is 2.51. The van der Waals surface area contributed by atoms with Crippen molar-refractivity contribution in [2.24, 2.45) is 5.92 Å². The van der Waals surface area contributed by atoms with Crippen LogP contribution < -0.4 is 5.32 Å². The molecule has 1 aromatic carbocycles. The first kappa shape index (κ1) is 18.2. The normalized spacial score (nSPS) is 13.0. The van der Waals surface area contributed by atoms with Crippen LogP contribution in [0.3, 0.4) is 0 Å². The summed E-state index contributed by atoms with van der Waals surface area (Å²) in [4.78, 5) is 0. The van der Waals surface area contributed by atoms with Gasteiger partial charge in [0.15, 0.2) is 0 Å². The van der Waals surface area contributed by atoms with Gasteiger partial charge in [0.2, 0.25) is 0 Å². The van der Waals surface area contributed by atoms with Crippen LogP contribution in [-0.2, 0) is 10.8 Å². The van der Waals surface area contributed by atoms with E-state index in [1.807, 2.05) is 0 Å². The van der Waals surface area contributed by atoms with E-state index in [0.717, 1.165) is 19.0 Å². The Kier molecular flexibility index (Phi) is 6.46. The van der Waals surface area contributed by atoms with Gasteiger partial charge in [-0.3, -0.25) is 0 Å². The molecule has 120 valence electrons. The van der Waals surface area contributed by atoms with Crippen LogP contribution in [-0.4, -0.2) is 13.1 Å². The van der Waals surface area contributed by atoms with E-state index in [1.54, 1.807) is 0 Å². The number of nitrogens with one attached hydrogen (secondary N) is 1. The van der Waals surface area contributed by atoms with Gasteiger partial charge in [-0.15, -0.1) is 0 Å². The molecular formula is C20H35N. The van der Waals surface area contributed by atoms with Crippen LogP contribution in [0.2, 0.25) is 0 Å². The van der Waals surface area contributed by atoms with Gasteiger partial charge in [0.05, 0.1) is 0 Å². The van der Waals surface area contributed by atoms with Crippen molar-refractivity contribution < 1.29 is 0 Å². The van der Waals surface area contributed by atoms with Gasteiger partial charge in [0.1, 0.15) is 0 Å². The van der Waals surface area contributed by atoms with Crippen molar-refractivity contribution >= 4 is 0 Å². The maximum atomic E-state index is 3.56. The number of rotatable bonds is 8. The van der Waals surface area contributed by atoms with Crippen molar-refractivity contribution in [3.05, 3.63) is 35.4 Å². The minimum atomic E-state index is 0.235. The molecule has 0 atom stereocenters. The fourth-order valence-corrected chi connectivity index (χ4v) is 2.51. The van der Waals surface area contributed by atoms with Gasteiger partial charge in [-0.05, 0) is 53.8 Å². The van der Waals surface area contributed by atoms with Gasteiger partial charge in [0, 0.05) is 0 Å². The lowest BCUT2D eigenvalue weighted by molar-refractivity contribution is 0.441. The zero-order chi connectivity index (χ0) is 16.1. The van der Waals surface area contributed by atoms with E-state index in [-0.39, 0.29) is 10.8 Å². The summed E-state index contributed by atoms with van der Waals surface area (Å²) < 4.78 is 0. The van der Waals surface area contributed by atoms with Crippen molar-refractivity contribution in [3.63, 3.8) is 0 Å². The number of hydrogen-bond acceptors (Lipinski definition) is 1. The summed E-state index contributed by atoms with van der Waals surface area (Å²) in [6.45, 7) is 18.3. The molecule has 0 amide bonds. The number of benzene rings is 1. The zero-order valence-corrected chi connectivity index (χ0v) is 15.2. The molecule has 0 aliphatic heterocycles. The Hall–Kier alpha value is -0.820. The fraction of sp³-hybridized carbons (Fsp3) is 0.700. The summed E-state index contributed by atoms with van der Waals surface area (Å²) in [6.07, 6.45) is 2.35. The third-order valence-electron chi connectivity index (χ3n) is 4.81. The van der Waals surface area contributed by atoms with Crippen LogP contribution in [0.15, 0.2) is 24.3 Å². The van der Waals surface area contributed by atoms with E-state index < -0.39 is 0 Å². The predicted molar refractivity (Wildman–Crippen MR) is 95.1 cm³/mol. The molecule has 0 heterocycles. The molecule has 1 rings (SSSR count). The van der Waals surface area contributed by atoms with Gasteiger partial charge < -0.3 is 5.32 Å². The molecule has 1 aromatic rings. The number of hydrogen-bond donors (Lipinski definition) is 1. The predicted octanol–water partition coefficient (Wildman–Crippen LogP) is 5.29. The zero-order valence-electron chi connectivity index (χ0n) is 15.2. The molecular weight excluding hydrogens is 254 g/mol. The average molecular weight is 290 g/mol. The second-order valence-electron chi connectivity index (χ2n) is 8.05. The lowest BCUT2D eigenvalue weighted by atomic mass is 9.78. The monoisotopic (exact) mass is 289 g/mol. The standard InChI is InChI=1S/C20H35N/c1-8-19(4,5)17-9-11-18(12-10-17)20(6,7)13-14-21-15-16(2)3/h9-12,16,21H,8,13-15H2,1-7H3. The van der Waals surface area contributed by atoms with Crippen LogP contribution in [0.1, 0.15) is 72.4 Å². The van der Waals surface area contributed by atoms with E-state index in [1.165, 1.54) is 24.0 Å². The summed E-state index contributed by atoms with van der Waals surface area (Å²) in [6, 6.07) is 9.30. The molecule has 0 saturated heterocycles. The summed E-state index contributed by atoms with van der Waals surface area (Å²) >= 11 is 0. The highest BCUT2D eigenvalue weighted by molar-refractivity contribution is 5.31. The van der Waals surface area contributed by atoms with Crippen molar-refractivity contribution in [2.75, 3.05) is 13.1 Å².